The van der Waals surface area contributed by atoms with E-state index >= 15 is 0 Å². The van der Waals surface area contributed by atoms with Gasteiger partial charge in [-0.25, -0.2) is 9.59 Å². The Morgan fingerprint density at radius 2 is 0.511 bits per heavy atom. The molecule has 2 unspecified atom stereocenters. The second-order valence-corrected chi connectivity index (χ2v) is 23.0. The normalized spacial score (nSPS) is 16.8. The van der Waals surface area contributed by atoms with Crippen molar-refractivity contribution in [2.75, 3.05) is 191 Å². The number of esters is 11. The Bertz CT molecular complexity index is 2210. The molecule has 30 heteroatoms. The van der Waals surface area contributed by atoms with Gasteiger partial charge in [-0.3, -0.25) is 43.2 Å². The molecule has 4 saturated heterocycles. The molecule has 4 heterocycles. The summed E-state index contributed by atoms with van der Waals surface area (Å²) in [6, 6.07) is 0. The monoisotopic (exact) mass is 1310 g/mol. The van der Waals surface area contributed by atoms with Gasteiger partial charge in [0.2, 0.25) is 13.6 Å². The van der Waals surface area contributed by atoms with Crippen LogP contribution >= 0.6 is 0 Å². The lowest BCUT2D eigenvalue weighted by molar-refractivity contribution is -0.169. The highest BCUT2D eigenvalue weighted by Gasteiger charge is 2.25. The largest absolute Gasteiger partial charge is 0.466 e. The molecule has 0 aromatic rings. The molecule has 4 fully saturated rings. The third-order valence-electron chi connectivity index (χ3n) is 15.7. The van der Waals surface area contributed by atoms with Gasteiger partial charge in [0.25, 0.3) is 0 Å². The van der Waals surface area contributed by atoms with Crippen molar-refractivity contribution in [2.45, 2.75) is 142 Å². The zero-order chi connectivity index (χ0) is 66.4. The topological polar surface area (TPSA) is 333 Å². The third-order valence-corrected chi connectivity index (χ3v) is 15.7. The van der Waals surface area contributed by atoms with E-state index < -0.39 is 85.5 Å². The summed E-state index contributed by atoms with van der Waals surface area (Å²) in [5.41, 5.74) is 0. The lowest BCUT2D eigenvalue weighted by Crippen LogP contribution is -2.47. The number of carbonyl (C=O) groups is 11. The quantitative estimate of drug-likeness (QED) is 0.0367. The van der Waals surface area contributed by atoms with Gasteiger partial charge in [0, 0.05) is 163 Å². The Morgan fingerprint density at radius 1 is 0.272 bits per heavy atom. The van der Waals surface area contributed by atoms with E-state index in [1.165, 1.54) is 13.8 Å². The first kappa shape index (κ1) is 78.3. The fraction of sp³-hybridized carbons (Fsp3) is 0.823. The van der Waals surface area contributed by atoms with Gasteiger partial charge >= 0.3 is 65.7 Å². The standard InChI is InChI=1S/C62H104N8O22/c1-50(91-59(78)19-29-69-39-35-67(36-40-69)27-17-57(76)89-48-87-55(74)15-25-65-31-21-63-22-32-65)61(80)85-44-10-4-7-12-52(71)82-43-9-3-6-13-53(72)83-46-47-84-54(73)14-8-5-11-45-86-62(81)51(2)92-60(79)20-30-70-41-37-68(38-42-70)28-18-58(77)90-49-88-56(75)16-26-66-33-23-64-24-34-66/h50-51,63-64H,3-49H2,1-2H3. The van der Waals surface area contributed by atoms with Crippen LogP contribution in [0.5, 0.6) is 0 Å². The minimum atomic E-state index is -1.07. The SMILES string of the molecule is CC(OC(=O)CCN1CCN(CCC(=O)OCOC(=O)CCN2CCNCC2)CC1)C(=O)OCCCCCC(=O)OCCCCCC(=O)OCCOC(=O)CCCCCOC(=O)C(C)OC(=O)CCN1CCN(CCC(=O)OCOC(=O)CCN2CCNCC2)CC1. The summed E-state index contributed by atoms with van der Waals surface area (Å²) in [5.74, 6) is -5.25. The molecule has 0 amide bonds. The highest BCUT2D eigenvalue weighted by molar-refractivity contribution is 5.80. The van der Waals surface area contributed by atoms with E-state index in [0.717, 1.165) is 52.4 Å². The molecule has 2 N–H and O–H groups in total. The Kier molecular flexibility index (Phi) is 41.3. The molecule has 4 rings (SSSR count). The molecule has 2 atom stereocenters. The number of unbranched alkanes of at least 4 members (excludes halogenated alkanes) is 6. The minimum Gasteiger partial charge on any atom is -0.466 e. The van der Waals surface area contributed by atoms with Gasteiger partial charge in [-0.2, -0.15) is 0 Å². The fourth-order valence-corrected chi connectivity index (χ4v) is 10.00. The first-order valence-corrected chi connectivity index (χ1v) is 33.1. The number of piperazine rings is 4. The van der Waals surface area contributed by atoms with Crippen LogP contribution in [0.1, 0.15) is 129 Å². The predicted molar refractivity (Wildman–Crippen MR) is 327 cm³/mol. The molecular weight excluding hydrogens is 1210 g/mol. The van der Waals surface area contributed by atoms with Crippen LogP contribution in [0.3, 0.4) is 0 Å². The van der Waals surface area contributed by atoms with E-state index in [1.807, 2.05) is 0 Å². The molecule has 0 aromatic heterocycles. The first-order chi connectivity index (χ1) is 44.5. The Labute approximate surface area is 541 Å². The Balaban J connectivity index is 0.840. The Morgan fingerprint density at radius 3 is 0.804 bits per heavy atom. The molecule has 0 spiro atoms. The minimum absolute atomic E-state index is 0.0760. The second-order valence-electron chi connectivity index (χ2n) is 23.0. The summed E-state index contributed by atoms with van der Waals surface area (Å²) in [7, 11) is 0. The average molecular weight is 1310 g/mol. The van der Waals surface area contributed by atoms with Crippen molar-refractivity contribution < 1.29 is 105 Å². The molecule has 4 aliphatic heterocycles. The maximum Gasteiger partial charge on any atom is 0.347 e. The van der Waals surface area contributed by atoms with Gasteiger partial charge in [0.1, 0.15) is 13.2 Å². The summed E-state index contributed by atoms with van der Waals surface area (Å²) in [5, 5.41) is 6.52. The van der Waals surface area contributed by atoms with Crippen molar-refractivity contribution in [3.05, 3.63) is 0 Å². The lowest BCUT2D eigenvalue weighted by atomic mass is 10.2. The summed E-state index contributed by atoms with van der Waals surface area (Å²) in [6.45, 7) is 18.2. The molecular formula is C62H104N8O22. The van der Waals surface area contributed by atoms with Crippen LogP contribution in [0.15, 0.2) is 0 Å². The summed E-state index contributed by atoms with van der Waals surface area (Å²) < 4.78 is 56.9. The third kappa shape index (κ3) is 38.8. The molecule has 0 bridgehead atoms. The van der Waals surface area contributed by atoms with Gasteiger partial charge in [-0.15, -0.1) is 0 Å². The molecule has 0 radical (unpaired) electrons. The van der Waals surface area contributed by atoms with Crippen LogP contribution in [0.4, 0.5) is 0 Å². The van der Waals surface area contributed by atoms with Gasteiger partial charge in [-0.1, -0.05) is 0 Å². The maximum absolute atomic E-state index is 12.5. The van der Waals surface area contributed by atoms with E-state index in [4.69, 9.17) is 52.1 Å². The molecule has 0 aromatic carbocycles. The zero-order valence-corrected chi connectivity index (χ0v) is 54.6. The van der Waals surface area contributed by atoms with Crippen molar-refractivity contribution >= 4 is 65.7 Å². The van der Waals surface area contributed by atoms with Crippen LogP contribution < -0.4 is 10.6 Å². The number of carbonyl (C=O) groups excluding carboxylic acids is 11. The summed E-state index contributed by atoms with van der Waals surface area (Å²) in [6.07, 6.45) is 4.39. The van der Waals surface area contributed by atoms with Crippen LogP contribution in [0.25, 0.3) is 0 Å². The van der Waals surface area contributed by atoms with E-state index in [-0.39, 0.29) is 96.8 Å². The maximum atomic E-state index is 12.5. The molecule has 30 nitrogen and oxygen atoms in total. The lowest BCUT2D eigenvalue weighted by Gasteiger charge is -2.34. The van der Waals surface area contributed by atoms with Crippen molar-refractivity contribution in [3.8, 4) is 0 Å². The second kappa shape index (κ2) is 48.5. The van der Waals surface area contributed by atoms with Crippen LogP contribution in [0, 0.1) is 0 Å². The van der Waals surface area contributed by atoms with E-state index in [0.29, 0.717) is 149 Å². The van der Waals surface area contributed by atoms with Crippen LogP contribution in [-0.2, 0) is 105 Å². The average Bonchev–Trinajstić information content (AvgIpc) is 3.69. The van der Waals surface area contributed by atoms with Gasteiger partial charge in [0.05, 0.1) is 58.3 Å². The molecule has 524 valence electrons. The first-order valence-electron chi connectivity index (χ1n) is 33.1. The highest BCUT2D eigenvalue weighted by Crippen LogP contribution is 2.12. The summed E-state index contributed by atoms with van der Waals surface area (Å²) >= 11 is 0. The van der Waals surface area contributed by atoms with E-state index in [1.54, 1.807) is 0 Å². The van der Waals surface area contributed by atoms with Gasteiger partial charge < -0.3 is 92.1 Å². The van der Waals surface area contributed by atoms with Crippen molar-refractivity contribution in [2.24, 2.45) is 0 Å². The molecule has 0 saturated carbocycles. The van der Waals surface area contributed by atoms with Crippen molar-refractivity contribution in [1.82, 2.24) is 40.0 Å². The van der Waals surface area contributed by atoms with Crippen molar-refractivity contribution in [1.29, 1.82) is 0 Å². The molecule has 92 heavy (non-hydrogen) atoms. The fourth-order valence-electron chi connectivity index (χ4n) is 10.00. The predicted octanol–water partition coefficient (Wildman–Crippen LogP) is 0.721. The molecule has 0 aliphatic carbocycles. The number of ether oxygens (including phenoxy) is 11. The summed E-state index contributed by atoms with van der Waals surface area (Å²) in [4.78, 5) is 147. The Hall–Kier alpha value is -6.15. The zero-order valence-electron chi connectivity index (χ0n) is 54.6. The molecule has 4 aliphatic rings. The number of hydrogen-bond donors (Lipinski definition) is 2. The smallest absolute Gasteiger partial charge is 0.347 e. The number of hydrogen-bond acceptors (Lipinski definition) is 30. The van der Waals surface area contributed by atoms with Crippen LogP contribution in [-0.4, -0.2) is 298 Å². The number of rotatable bonds is 47. The number of nitrogens with one attached hydrogen (secondary N) is 2. The van der Waals surface area contributed by atoms with Crippen molar-refractivity contribution in [3.63, 3.8) is 0 Å². The van der Waals surface area contributed by atoms with E-state index in [2.05, 4.69) is 40.0 Å². The highest BCUT2D eigenvalue weighted by atomic mass is 16.7. The van der Waals surface area contributed by atoms with Gasteiger partial charge in [-0.05, 0) is 71.6 Å². The van der Waals surface area contributed by atoms with Gasteiger partial charge in [0.15, 0.2) is 12.2 Å². The van der Waals surface area contributed by atoms with E-state index in [9.17, 15) is 52.7 Å². The number of nitrogens with zero attached hydrogens (tertiary/aromatic N) is 6. The van der Waals surface area contributed by atoms with Crippen LogP contribution in [0.2, 0.25) is 0 Å².